The highest BCUT2D eigenvalue weighted by molar-refractivity contribution is 7.98. The van der Waals surface area contributed by atoms with Crippen molar-refractivity contribution in [1.82, 2.24) is 5.32 Å². The fourth-order valence-corrected chi connectivity index (χ4v) is 6.84. The molecule has 0 fully saturated rings. The van der Waals surface area contributed by atoms with E-state index >= 15 is 0 Å². The Morgan fingerprint density at radius 3 is 2.66 bits per heavy atom. The van der Waals surface area contributed by atoms with Crippen LogP contribution in [-0.2, 0) is 22.0 Å². The van der Waals surface area contributed by atoms with E-state index in [-0.39, 0.29) is 16.6 Å². The number of nitrogens with one attached hydrogen (secondary N) is 1. The van der Waals surface area contributed by atoms with Crippen molar-refractivity contribution in [2.45, 2.75) is 22.0 Å². The molecule has 0 bridgehead atoms. The monoisotopic (exact) mass is 463 g/mol. The Morgan fingerprint density at radius 2 is 1.93 bits per heavy atom. The zero-order chi connectivity index (χ0) is 20.6. The fourth-order valence-electron chi connectivity index (χ4n) is 3.30. The largest absolute Gasteiger partial charge is 0.351 e. The molecule has 29 heavy (non-hydrogen) atoms. The molecule has 1 aliphatic rings. The number of hydrogen-bond donors (Lipinski definition) is 1. The molecule has 150 valence electrons. The molecule has 8 heteroatoms. The number of halogens is 1. The molecule has 0 saturated carbocycles. The summed E-state index contributed by atoms with van der Waals surface area (Å²) in [5.41, 5.74) is 2.45. The Kier molecular flexibility index (Phi) is 5.75. The average Bonchev–Trinajstić information content (AvgIpc) is 3.12. The normalized spacial score (nSPS) is 14.1. The number of benzene rings is 2. The molecule has 0 aliphatic carbocycles. The Labute approximate surface area is 183 Å². The summed E-state index contributed by atoms with van der Waals surface area (Å²) in [7, 11) is -3.46. The maximum Gasteiger partial charge on any atom is 0.261 e. The number of rotatable bonds is 5. The minimum Gasteiger partial charge on any atom is -0.351 e. The third-order valence-electron chi connectivity index (χ3n) is 4.76. The van der Waals surface area contributed by atoms with Crippen LogP contribution >= 0.6 is 34.7 Å². The minimum absolute atomic E-state index is 0.110. The first-order chi connectivity index (χ1) is 13.9. The first-order valence-electron chi connectivity index (χ1n) is 8.94. The van der Waals surface area contributed by atoms with E-state index in [1.165, 1.54) is 22.3 Å². The number of hydrogen-bond acceptors (Lipinski definition) is 5. The van der Waals surface area contributed by atoms with Crippen molar-refractivity contribution in [2.75, 3.05) is 12.8 Å². The van der Waals surface area contributed by atoms with E-state index in [2.05, 4.69) is 29.6 Å². The van der Waals surface area contributed by atoms with Crippen LogP contribution in [-0.4, -0.2) is 27.1 Å². The molecule has 1 aromatic heterocycles. The summed E-state index contributed by atoms with van der Waals surface area (Å²) in [4.78, 5) is 15.4. The van der Waals surface area contributed by atoms with E-state index in [9.17, 15) is 13.2 Å². The molecule has 1 amide bonds. The van der Waals surface area contributed by atoms with Crippen molar-refractivity contribution in [1.29, 1.82) is 0 Å². The summed E-state index contributed by atoms with van der Waals surface area (Å²) in [6.45, 7) is 0.518. The second kappa shape index (κ2) is 8.14. The lowest BCUT2D eigenvalue weighted by Gasteiger charge is -2.16. The highest BCUT2D eigenvalue weighted by Crippen LogP contribution is 2.43. The fraction of sp³-hybridized carbons (Fsp3) is 0.190. The van der Waals surface area contributed by atoms with Gasteiger partial charge in [0.05, 0.1) is 15.5 Å². The number of carbonyl (C=O) groups is 1. The third-order valence-corrected chi connectivity index (χ3v) is 8.65. The van der Waals surface area contributed by atoms with Crippen molar-refractivity contribution in [3.05, 3.63) is 69.6 Å². The van der Waals surface area contributed by atoms with Gasteiger partial charge in [-0.15, -0.1) is 23.1 Å². The molecule has 4 nitrogen and oxygen atoms in total. The Bertz CT molecular complexity index is 1180. The van der Waals surface area contributed by atoms with Gasteiger partial charge in [0.15, 0.2) is 9.84 Å². The van der Waals surface area contributed by atoms with Gasteiger partial charge in [-0.25, -0.2) is 8.42 Å². The third kappa shape index (κ3) is 4.23. The van der Waals surface area contributed by atoms with E-state index in [4.69, 9.17) is 11.6 Å². The van der Waals surface area contributed by atoms with Crippen LogP contribution < -0.4 is 5.32 Å². The van der Waals surface area contributed by atoms with Crippen LogP contribution in [0.5, 0.6) is 0 Å². The number of thioether (sulfide) groups is 1. The van der Waals surface area contributed by atoms with Gasteiger partial charge in [0.1, 0.15) is 0 Å². The van der Waals surface area contributed by atoms with Crippen molar-refractivity contribution < 1.29 is 13.2 Å². The summed E-state index contributed by atoms with van der Waals surface area (Å²) < 4.78 is 25.2. The van der Waals surface area contributed by atoms with Crippen LogP contribution in [0.15, 0.2) is 58.3 Å². The molecule has 2 aromatic carbocycles. The molecule has 0 unspecified atom stereocenters. The molecule has 1 N–H and O–H groups in total. The molecular formula is C21H18ClNO3S3. The minimum atomic E-state index is -3.46. The smallest absolute Gasteiger partial charge is 0.261 e. The van der Waals surface area contributed by atoms with Gasteiger partial charge in [0.2, 0.25) is 0 Å². The van der Waals surface area contributed by atoms with E-state index in [1.54, 1.807) is 30.0 Å². The Balaban J connectivity index is 1.49. The zero-order valence-corrected chi connectivity index (χ0v) is 18.8. The van der Waals surface area contributed by atoms with Crippen LogP contribution in [0.2, 0.25) is 5.02 Å². The first-order valence-corrected chi connectivity index (χ1v) is 13.0. The van der Waals surface area contributed by atoms with Crippen molar-refractivity contribution in [3.8, 4) is 10.4 Å². The van der Waals surface area contributed by atoms with E-state index in [0.29, 0.717) is 27.6 Å². The number of fused-ring (bicyclic) bond motifs is 3. The van der Waals surface area contributed by atoms with Gasteiger partial charge >= 0.3 is 0 Å². The van der Waals surface area contributed by atoms with Gasteiger partial charge in [-0.3, -0.25) is 4.79 Å². The molecule has 4 rings (SSSR count). The lowest BCUT2D eigenvalue weighted by Crippen LogP contribution is -2.24. The molecule has 0 spiro atoms. The Morgan fingerprint density at radius 1 is 1.17 bits per heavy atom. The second-order valence-electron chi connectivity index (χ2n) is 6.72. The van der Waals surface area contributed by atoms with Crippen LogP contribution in [0.1, 0.15) is 20.8 Å². The highest BCUT2D eigenvalue weighted by atomic mass is 35.5. The lowest BCUT2D eigenvalue weighted by atomic mass is 10.1. The number of carbonyl (C=O) groups excluding carboxylic acids is 1. The highest BCUT2D eigenvalue weighted by Gasteiger charge is 2.31. The lowest BCUT2D eigenvalue weighted by molar-refractivity contribution is 0.0958. The predicted octanol–water partition coefficient (Wildman–Crippen LogP) is 5.05. The zero-order valence-electron chi connectivity index (χ0n) is 15.6. The van der Waals surface area contributed by atoms with Crippen molar-refractivity contribution in [2.24, 2.45) is 0 Å². The van der Waals surface area contributed by atoms with Crippen LogP contribution in [0.4, 0.5) is 0 Å². The van der Waals surface area contributed by atoms with Crippen LogP contribution in [0, 0.1) is 0 Å². The molecule has 0 radical (unpaired) electrons. The van der Waals surface area contributed by atoms with Gasteiger partial charge < -0.3 is 5.32 Å². The first kappa shape index (κ1) is 20.5. The molecule has 3 aromatic rings. The standard InChI is InChI=1S/C21H18ClNO3S3/c1-27-16-5-2-13(3-6-16)8-9-23-21(24)18-10-14-12-29(25,26)19-11-15(22)4-7-17(19)20(14)28-18/h2-7,10-11H,8-9,12H2,1H3,(H,23,24). The topological polar surface area (TPSA) is 63.2 Å². The average molecular weight is 464 g/mol. The molecule has 0 atom stereocenters. The van der Waals surface area contributed by atoms with E-state index < -0.39 is 9.84 Å². The quantitative estimate of drug-likeness (QED) is 0.538. The van der Waals surface area contributed by atoms with Gasteiger partial charge in [-0.2, -0.15) is 0 Å². The maximum absolute atomic E-state index is 12.6. The summed E-state index contributed by atoms with van der Waals surface area (Å²) in [6, 6.07) is 14.8. The van der Waals surface area contributed by atoms with Gasteiger partial charge in [0, 0.05) is 26.9 Å². The van der Waals surface area contributed by atoms with Crippen molar-refractivity contribution >= 4 is 50.4 Å². The number of amides is 1. The summed E-state index contributed by atoms with van der Waals surface area (Å²) in [5, 5.41) is 3.32. The summed E-state index contributed by atoms with van der Waals surface area (Å²) in [6.07, 6.45) is 2.77. The number of thiophene rings is 1. The number of sulfone groups is 1. The summed E-state index contributed by atoms with van der Waals surface area (Å²) >= 11 is 9.00. The van der Waals surface area contributed by atoms with E-state index in [1.807, 2.05) is 6.26 Å². The summed E-state index contributed by atoms with van der Waals surface area (Å²) in [5.74, 6) is -0.292. The Hall–Kier alpha value is -1.80. The van der Waals surface area contributed by atoms with Crippen LogP contribution in [0.25, 0.3) is 10.4 Å². The molecule has 2 heterocycles. The SMILES string of the molecule is CSc1ccc(CCNC(=O)c2cc3c(s2)-c2ccc(Cl)cc2S(=O)(=O)C3)cc1. The molecule has 0 saturated heterocycles. The van der Waals surface area contributed by atoms with Crippen molar-refractivity contribution in [3.63, 3.8) is 0 Å². The maximum atomic E-state index is 12.6. The second-order valence-corrected chi connectivity index (χ2v) is 11.0. The van der Waals surface area contributed by atoms with Gasteiger partial charge in [0.25, 0.3) is 5.91 Å². The van der Waals surface area contributed by atoms with Crippen LogP contribution in [0.3, 0.4) is 0 Å². The predicted molar refractivity (Wildman–Crippen MR) is 120 cm³/mol. The van der Waals surface area contributed by atoms with Gasteiger partial charge in [-0.1, -0.05) is 29.8 Å². The molecular weight excluding hydrogens is 446 g/mol. The van der Waals surface area contributed by atoms with Gasteiger partial charge in [-0.05, 0) is 54.1 Å². The molecule has 1 aliphatic heterocycles. The van der Waals surface area contributed by atoms with E-state index in [0.717, 1.165) is 16.9 Å².